The van der Waals surface area contributed by atoms with Crippen LogP contribution in [0.2, 0.25) is 5.02 Å². The summed E-state index contributed by atoms with van der Waals surface area (Å²) in [5.74, 6) is 0.648. The quantitative estimate of drug-likeness (QED) is 0.687. The van der Waals surface area contributed by atoms with Crippen LogP contribution >= 0.6 is 35.2 Å². The molecule has 1 N–H and O–H groups in total. The number of benzene rings is 1. The number of halogens is 1. The van der Waals surface area contributed by atoms with Crippen molar-refractivity contribution in [1.29, 1.82) is 0 Å². The van der Waals surface area contributed by atoms with Crippen LogP contribution in [-0.2, 0) is 6.54 Å². The van der Waals surface area contributed by atoms with Crippen LogP contribution in [0.5, 0.6) is 5.75 Å². The van der Waals surface area contributed by atoms with E-state index < -0.39 is 0 Å². The summed E-state index contributed by atoms with van der Waals surface area (Å²) < 4.78 is 5.29. The first kappa shape index (κ1) is 17.5. The number of anilines is 1. The van der Waals surface area contributed by atoms with Crippen LogP contribution in [0.25, 0.3) is 0 Å². The molecule has 1 aliphatic rings. The predicted octanol–water partition coefficient (Wildman–Crippen LogP) is 5.55. The van der Waals surface area contributed by atoms with Gasteiger partial charge in [-0.25, -0.2) is 0 Å². The van der Waals surface area contributed by atoms with Crippen molar-refractivity contribution in [1.82, 2.24) is 4.90 Å². The molecule has 1 aliphatic carbocycles. The molecule has 0 bridgehead atoms. The first-order valence-corrected chi connectivity index (χ1v) is 9.77. The summed E-state index contributed by atoms with van der Waals surface area (Å²) in [5.41, 5.74) is 0.899. The highest BCUT2D eigenvalue weighted by Crippen LogP contribution is 2.29. The fourth-order valence-corrected chi connectivity index (χ4v) is 4.31. The van der Waals surface area contributed by atoms with E-state index in [1.54, 1.807) is 18.4 Å². The van der Waals surface area contributed by atoms with Crippen LogP contribution < -0.4 is 10.1 Å². The molecule has 1 aromatic heterocycles. The first-order valence-electron chi connectivity index (χ1n) is 8.11. The SMILES string of the molecule is COc1cc(NC(=S)N(Cc2cccs2)C2CCCC2)ccc1Cl. The van der Waals surface area contributed by atoms with Gasteiger partial charge in [0.15, 0.2) is 5.11 Å². The van der Waals surface area contributed by atoms with Gasteiger partial charge in [0.05, 0.1) is 18.7 Å². The molecule has 0 unspecified atom stereocenters. The number of nitrogens with zero attached hydrogens (tertiary/aromatic N) is 1. The van der Waals surface area contributed by atoms with Crippen molar-refractivity contribution in [3.63, 3.8) is 0 Å². The van der Waals surface area contributed by atoms with Crippen LogP contribution in [0.4, 0.5) is 5.69 Å². The van der Waals surface area contributed by atoms with Gasteiger partial charge in [0.1, 0.15) is 5.75 Å². The highest BCUT2D eigenvalue weighted by atomic mass is 35.5. The van der Waals surface area contributed by atoms with Crippen molar-refractivity contribution in [3.05, 3.63) is 45.6 Å². The van der Waals surface area contributed by atoms with E-state index in [9.17, 15) is 0 Å². The number of thiocarbonyl (C=S) groups is 1. The van der Waals surface area contributed by atoms with Gasteiger partial charge in [0.2, 0.25) is 0 Å². The number of rotatable bonds is 5. The third-order valence-electron chi connectivity index (χ3n) is 4.33. The second kappa shape index (κ2) is 8.19. The van der Waals surface area contributed by atoms with Crippen LogP contribution in [0.1, 0.15) is 30.6 Å². The maximum absolute atomic E-state index is 6.10. The molecule has 1 saturated carbocycles. The lowest BCUT2D eigenvalue weighted by Crippen LogP contribution is -2.40. The van der Waals surface area contributed by atoms with Crippen LogP contribution in [0, 0.1) is 0 Å². The minimum absolute atomic E-state index is 0.515. The van der Waals surface area contributed by atoms with Crippen LogP contribution in [0.15, 0.2) is 35.7 Å². The van der Waals surface area contributed by atoms with Crippen molar-refractivity contribution < 1.29 is 4.74 Å². The molecule has 6 heteroatoms. The Morgan fingerprint density at radius 1 is 1.38 bits per heavy atom. The Hall–Kier alpha value is -1.30. The van der Waals surface area contributed by atoms with E-state index >= 15 is 0 Å². The van der Waals surface area contributed by atoms with E-state index in [0.717, 1.165) is 17.3 Å². The lowest BCUT2D eigenvalue weighted by molar-refractivity contribution is 0.314. The van der Waals surface area contributed by atoms with E-state index in [1.165, 1.54) is 30.6 Å². The normalized spacial score (nSPS) is 14.6. The third kappa shape index (κ3) is 4.21. The number of methoxy groups -OCH3 is 1. The summed E-state index contributed by atoms with van der Waals surface area (Å²) in [4.78, 5) is 3.66. The van der Waals surface area contributed by atoms with E-state index in [0.29, 0.717) is 16.8 Å². The number of nitrogens with one attached hydrogen (secondary N) is 1. The molecule has 0 atom stereocenters. The molecule has 0 spiro atoms. The Kier molecular flexibility index (Phi) is 5.98. The number of hydrogen-bond donors (Lipinski definition) is 1. The predicted molar refractivity (Wildman–Crippen MR) is 106 cm³/mol. The zero-order chi connectivity index (χ0) is 16.9. The molecule has 1 heterocycles. The molecular formula is C18H21ClN2OS2. The Labute approximate surface area is 157 Å². The fourth-order valence-electron chi connectivity index (χ4n) is 3.09. The first-order chi connectivity index (χ1) is 11.7. The molecule has 3 nitrogen and oxygen atoms in total. The van der Waals surface area contributed by atoms with Crippen molar-refractivity contribution in [2.75, 3.05) is 12.4 Å². The second-order valence-corrected chi connectivity index (χ2v) is 7.75. The van der Waals surface area contributed by atoms with Crippen molar-refractivity contribution in [3.8, 4) is 5.75 Å². The van der Waals surface area contributed by atoms with Crippen LogP contribution in [-0.4, -0.2) is 23.2 Å². The van der Waals surface area contributed by atoms with Crippen LogP contribution in [0.3, 0.4) is 0 Å². The molecule has 0 aliphatic heterocycles. The van der Waals surface area contributed by atoms with Gasteiger partial charge in [-0.1, -0.05) is 30.5 Å². The second-order valence-electron chi connectivity index (χ2n) is 5.93. The highest BCUT2D eigenvalue weighted by Gasteiger charge is 2.25. The van der Waals surface area contributed by atoms with Gasteiger partial charge in [-0.15, -0.1) is 11.3 Å². The van der Waals surface area contributed by atoms with Crippen molar-refractivity contribution in [2.24, 2.45) is 0 Å². The summed E-state index contributed by atoms with van der Waals surface area (Å²) in [7, 11) is 1.62. The van der Waals surface area contributed by atoms with E-state index in [4.69, 9.17) is 28.6 Å². The lowest BCUT2D eigenvalue weighted by Gasteiger charge is -2.31. The van der Waals surface area contributed by atoms with Gasteiger partial charge in [-0.2, -0.15) is 0 Å². The lowest BCUT2D eigenvalue weighted by atomic mass is 10.2. The molecule has 24 heavy (non-hydrogen) atoms. The molecule has 0 saturated heterocycles. The zero-order valence-corrected chi connectivity index (χ0v) is 16.0. The third-order valence-corrected chi connectivity index (χ3v) is 5.84. The smallest absolute Gasteiger partial charge is 0.174 e. The van der Waals surface area contributed by atoms with Gasteiger partial charge in [0, 0.05) is 22.7 Å². The standard InChI is InChI=1S/C18H21ClN2OS2/c1-22-17-11-13(8-9-16(17)19)20-18(23)21(14-5-2-3-6-14)12-15-7-4-10-24-15/h4,7-11,14H,2-3,5-6,12H2,1H3,(H,20,23). The summed E-state index contributed by atoms with van der Waals surface area (Å²) in [6.45, 7) is 0.860. The van der Waals surface area contributed by atoms with Crippen molar-refractivity contribution >= 4 is 46.0 Å². The number of hydrogen-bond acceptors (Lipinski definition) is 3. The maximum Gasteiger partial charge on any atom is 0.174 e. The monoisotopic (exact) mass is 380 g/mol. The molecular weight excluding hydrogens is 360 g/mol. The molecule has 0 amide bonds. The summed E-state index contributed by atoms with van der Waals surface area (Å²) in [6, 6.07) is 10.4. The molecule has 2 aromatic rings. The number of thiophene rings is 1. The summed E-state index contributed by atoms with van der Waals surface area (Å²) >= 11 is 13.6. The largest absolute Gasteiger partial charge is 0.495 e. The average molecular weight is 381 g/mol. The molecule has 1 fully saturated rings. The average Bonchev–Trinajstić information content (AvgIpc) is 3.27. The van der Waals surface area contributed by atoms with Gasteiger partial charge in [-0.3, -0.25) is 0 Å². The zero-order valence-electron chi connectivity index (χ0n) is 13.6. The highest BCUT2D eigenvalue weighted by molar-refractivity contribution is 7.80. The minimum Gasteiger partial charge on any atom is -0.495 e. The van der Waals surface area contributed by atoms with Crippen molar-refractivity contribution in [2.45, 2.75) is 38.3 Å². The Morgan fingerprint density at radius 2 is 2.17 bits per heavy atom. The van der Waals surface area contributed by atoms with Gasteiger partial charge < -0.3 is 15.0 Å². The Morgan fingerprint density at radius 3 is 2.83 bits per heavy atom. The Bertz CT molecular complexity index is 684. The van der Waals surface area contributed by atoms with Gasteiger partial charge in [-0.05, 0) is 48.6 Å². The number of ether oxygens (including phenoxy) is 1. The summed E-state index contributed by atoms with van der Waals surface area (Å²) in [5, 5.41) is 6.83. The van der Waals surface area contributed by atoms with Gasteiger partial charge >= 0.3 is 0 Å². The van der Waals surface area contributed by atoms with E-state index in [2.05, 4.69) is 27.7 Å². The molecule has 3 rings (SSSR count). The summed E-state index contributed by atoms with van der Waals surface area (Å²) in [6.07, 6.45) is 4.97. The Balaban J connectivity index is 1.75. The minimum atomic E-state index is 0.515. The topological polar surface area (TPSA) is 24.5 Å². The molecule has 1 aromatic carbocycles. The van der Waals surface area contributed by atoms with E-state index in [1.807, 2.05) is 18.2 Å². The molecule has 128 valence electrons. The maximum atomic E-state index is 6.10. The van der Waals surface area contributed by atoms with E-state index in [-0.39, 0.29) is 0 Å². The van der Waals surface area contributed by atoms with Gasteiger partial charge in [0.25, 0.3) is 0 Å². The molecule has 0 radical (unpaired) electrons. The fraction of sp³-hybridized carbons (Fsp3) is 0.389.